The first-order valence-electron chi connectivity index (χ1n) is 7.09. The minimum Gasteiger partial charge on any atom is -0.271 e. The highest BCUT2D eigenvalue weighted by atomic mass is 19.2. The summed E-state index contributed by atoms with van der Waals surface area (Å²) in [4.78, 5) is 0. The second kappa shape index (κ2) is 5.54. The van der Waals surface area contributed by atoms with Crippen molar-refractivity contribution in [1.29, 1.82) is 0 Å². The van der Waals surface area contributed by atoms with Crippen molar-refractivity contribution in [2.24, 2.45) is 11.8 Å². The maximum atomic E-state index is 14.2. The summed E-state index contributed by atoms with van der Waals surface area (Å²) in [5.41, 5.74) is 5.81. The van der Waals surface area contributed by atoms with Crippen LogP contribution in [0.2, 0.25) is 0 Å². The molecule has 2 aromatic rings. The van der Waals surface area contributed by atoms with Crippen LogP contribution in [-0.2, 0) is 12.8 Å². The molecular formula is C17H18F2N2. The molecule has 0 aliphatic heterocycles. The van der Waals surface area contributed by atoms with Crippen LogP contribution in [0.5, 0.6) is 0 Å². The minimum absolute atomic E-state index is 0.129. The molecule has 1 unspecified atom stereocenters. The summed E-state index contributed by atoms with van der Waals surface area (Å²) < 4.78 is 28.0. The SMILES string of the molecule is Cc1ccc(C(NN)C2Cc3ccccc3C2)c(F)c1F. The molecule has 2 aromatic carbocycles. The molecule has 0 saturated heterocycles. The number of halogens is 2. The number of aryl methyl sites for hydroxylation is 1. The van der Waals surface area contributed by atoms with Gasteiger partial charge in [-0.3, -0.25) is 11.3 Å². The van der Waals surface area contributed by atoms with Crippen LogP contribution in [0, 0.1) is 24.5 Å². The van der Waals surface area contributed by atoms with E-state index in [1.165, 1.54) is 11.1 Å². The van der Waals surface area contributed by atoms with E-state index in [1.807, 2.05) is 12.1 Å². The van der Waals surface area contributed by atoms with Crippen LogP contribution in [-0.4, -0.2) is 0 Å². The summed E-state index contributed by atoms with van der Waals surface area (Å²) in [6, 6.07) is 11.0. The highest BCUT2D eigenvalue weighted by Gasteiger charge is 2.31. The zero-order chi connectivity index (χ0) is 15.0. The van der Waals surface area contributed by atoms with Crippen molar-refractivity contribution in [3.63, 3.8) is 0 Å². The Kier molecular flexibility index (Phi) is 3.74. The van der Waals surface area contributed by atoms with Crippen molar-refractivity contribution >= 4 is 0 Å². The quantitative estimate of drug-likeness (QED) is 0.672. The van der Waals surface area contributed by atoms with Crippen LogP contribution >= 0.6 is 0 Å². The molecule has 4 heteroatoms. The third-order valence-electron chi connectivity index (χ3n) is 4.37. The van der Waals surface area contributed by atoms with E-state index in [0.29, 0.717) is 11.1 Å². The molecule has 0 bridgehead atoms. The van der Waals surface area contributed by atoms with Gasteiger partial charge in [0.1, 0.15) is 0 Å². The molecule has 3 rings (SSSR count). The van der Waals surface area contributed by atoms with Crippen LogP contribution in [0.1, 0.15) is 28.3 Å². The maximum absolute atomic E-state index is 14.2. The molecule has 3 N–H and O–H groups in total. The Bertz CT molecular complexity index is 645. The van der Waals surface area contributed by atoms with E-state index in [4.69, 9.17) is 5.84 Å². The van der Waals surface area contributed by atoms with Gasteiger partial charge in [-0.15, -0.1) is 0 Å². The number of nitrogens with one attached hydrogen (secondary N) is 1. The number of hydrogen-bond donors (Lipinski definition) is 2. The predicted octanol–water partition coefficient (Wildman–Crippen LogP) is 3.19. The van der Waals surface area contributed by atoms with Gasteiger partial charge >= 0.3 is 0 Å². The smallest absolute Gasteiger partial charge is 0.163 e. The molecule has 0 aromatic heterocycles. The number of fused-ring (bicyclic) bond motifs is 1. The van der Waals surface area contributed by atoms with E-state index < -0.39 is 17.7 Å². The zero-order valence-electron chi connectivity index (χ0n) is 11.9. The average Bonchev–Trinajstić information content (AvgIpc) is 2.91. The molecule has 0 fully saturated rings. The van der Waals surface area contributed by atoms with Crippen molar-refractivity contribution in [2.75, 3.05) is 0 Å². The van der Waals surface area contributed by atoms with Gasteiger partial charge in [0.05, 0.1) is 6.04 Å². The zero-order valence-corrected chi connectivity index (χ0v) is 11.9. The van der Waals surface area contributed by atoms with Crippen LogP contribution < -0.4 is 11.3 Å². The monoisotopic (exact) mass is 288 g/mol. The molecule has 0 heterocycles. The number of benzene rings is 2. The Labute approximate surface area is 122 Å². The van der Waals surface area contributed by atoms with Crippen LogP contribution in [0.4, 0.5) is 8.78 Å². The van der Waals surface area contributed by atoms with Gasteiger partial charge in [0.15, 0.2) is 11.6 Å². The van der Waals surface area contributed by atoms with Crippen molar-refractivity contribution in [3.05, 3.63) is 70.3 Å². The molecule has 0 saturated carbocycles. The number of nitrogens with two attached hydrogens (primary N) is 1. The average molecular weight is 288 g/mol. The van der Waals surface area contributed by atoms with Crippen molar-refractivity contribution in [3.8, 4) is 0 Å². The molecule has 1 aliphatic rings. The molecule has 1 aliphatic carbocycles. The standard InChI is InChI=1S/C17H18F2N2/c1-10-6-7-14(16(19)15(10)18)17(21-20)13-8-11-4-2-3-5-12(11)9-13/h2-7,13,17,21H,8-9,20H2,1H3. The first-order valence-corrected chi connectivity index (χ1v) is 7.09. The first-order chi connectivity index (χ1) is 10.1. The van der Waals surface area contributed by atoms with Crippen LogP contribution in [0.3, 0.4) is 0 Å². The van der Waals surface area contributed by atoms with Gasteiger partial charge in [0.25, 0.3) is 0 Å². The van der Waals surface area contributed by atoms with Crippen molar-refractivity contribution in [1.82, 2.24) is 5.43 Å². The fourth-order valence-electron chi connectivity index (χ4n) is 3.21. The Balaban J connectivity index is 1.93. The van der Waals surface area contributed by atoms with Gasteiger partial charge in [-0.2, -0.15) is 0 Å². The normalized spacial score (nSPS) is 16.0. The fourth-order valence-corrected chi connectivity index (χ4v) is 3.21. The van der Waals surface area contributed by atoms with E-state index in [0.717, 1.165) is 12.8 Å². The van der Waals surface area contributed by atoms with Crippen molar-refractivity contribution < 1.29 is 8.78 Å². The van der Waals surface area contributed by atoms with Gasteiger partial charge in [-0.1, -0.05) is 36.4 Å². The predicted molar refractivity (Wildman–Crippen MR) is 78.5 cm³/mol. The second-order valence-corrected chi connectivity index (χ2v) is 5.68. The Morgan fingerprint density at radius 2 is 1.67 bits per heavy atom. The fraction of sp³-hybridized carbons (Fsp3) is 0.294. The first kappa shape index (κ1) is 14.2. The molecular weight excluding hydrogens is 270 g/mol. The highest BCUT2D eigenvalue weighted by Crippen LogP contribution is 2.36. The summed E-state index contributed by atoms with van der Waals surface area (Å²) in [5, 5.41) is 0. The van der Waals surface area contributed by atoms with Gasteiger partial charge in [-0.05, 0) is 42.4 Å². The third-order valence-corrected chi connectivity index (χ3v) is 4.37. The van der Waals surface area contributed by atoms with Gasteiger partial charge in [0, 0.05) is 5.56 Å². The summed E-state index contributed by atoms with van der Waals surface area (Å²) in [6.07, 6.45) is 1.64. The lowest BCUT2D eigenvalue weighted by atomic mass is 9.90. The molecule has 0 spiro atoms. The molecule has 110 valence electrons. The molecule has 0 amide bonds. The second-order valence-electron chi connectivity index (χ2n) is 5.68. The lowest BCUT2D eigenvalue weighted by Gasteiger charge is -2.24. The van der Waals surface area contributed by atoms with Gasteiger partial charge < -0.3 is 0 Å². The molecule has 0 radical (unpaired) electrons. The third kappa shape index (κ3) is 2.45. The summed E-state index contributed by atoms with van der Waals surface area (Å²) in [7, 11) is 0. The topological polar surface area (TPSA) is 38.0 Å². The number of rotatable bonds is 3. The highest BCUT2D eigenvalue weighted by molar-refractivity contribution is 5.35. The number of hydrazine groups is 1. The minimum atomic E-state index is -0.797. The van der Waals surface area contributed by atoms with Gasteiger partial charge in [0.2, 0.25) is 0 Å². The van der Waals surface area contributed by atoms with E-state index >= 15 is 0 Å². The summed E-state index contributed by atoms with van der Waals surface area (Å²) >= 11 is 0. The summed E-state index contributed by atoms with van der Waals surface area (Å²) in [6.45, 7) is 1.55. The molecule has 21 heavy (non-hydrogen) atoms. The van der Waals surface area contributed by atoms with Gasteiger partial charge in [-0.25, -0.2) is 8.78 Å². The van der Waals surface area contributed by atoms with E-state index in [-0.39, 0.29) is 5.92 Å². The Morgan fingerprint density at radius 3 is 2.24 bits per heavy atom. The lowest BCUT2D eigenvalue weighted by molar-refractivity contribution is 0.360. The molecule has 1 atom stereocenters. The van der Waals surface area contributed by atoms with Crippen LogP contribution in [0.25, 0.3) is 0 Å². The van der Waals surface area contributed by atoms with E-state index in [9.17, 15) is 8.78 Å². The largest absolute Gasteiger partial charge is 0.271 e. The van der Waals surface area contributed by atoms with E-state index in [2.05, 4.69) is 17.6 Å². The molecule has 2 nitrogen and oxygen atoms in total. The van der Waals surface area contributed by atoms with Crippen molar-refractivity contribution in [2.45, 2.75) is 25.8 Å². The van der Waals surface area contributed by atoms with Crippen LogP contribution in [0.15, 0.2) is 36.4 Å². The maximum Gasteiger partial charge on any atom is 0.163 e. The Morgan fingerprint density at radius 1 is 1.05 bits per heavy atom. The lowest BCUT2D eigenvalue weighted by Crippen LogP contribution is -2.34. The summed E-state index contributed by atoms with van der Waals surface area (Å²) in [5.74, 6) is 4.18. The number of hydrogen-bond acceptors (Lipinski definition) is 2. The Hall–Kier alpha value is -1.78. The van der Waals surface area contributed by atoms with E-state index in [1.54, 1.807) is 19.1 Å².